The van der Waals surface area contributed by atoms with Gasteiger partial charge >= 0.3 is 0 Å². The Balaban J connectivity index is 1.76. The van der Waals surface area contributed by atoms with Crippen molar-refractivity contribution in [1.29, 1.82) is 0 Å². The topological polar surface area (TPSA) is 64.7 Å². The Morgan fingerprint density at radius 3 is 2.76 bits per heavy atom. The fourth-order valence-corrected chi connectivity index (χ4v) is 2.35. The minimum absolute atomic E-state index is 0.0140. The van der Waals surface area contributed by atoms with Crippen LogP contribution in [0.15, 0.2) is 18.5 Å². The maximum absolute atomic E-state index is 11.9. The standard InChI is InChI=1S/C15H23N5O/c1-11-8-12(2)20(18-11)7-5-6-15(21)17-13(3)14-9-16-19(4)10-14/h8-10,13H,5-7H2,1-4H3,(H,17,21)/t13-/m0/s1. The van der Waals surface area contributed by atoms with E-state index in [1.165, 1.54) is 0 Å². The lowest BCUT2D eigenvalue weighted by Crippen LogP contribution is -2.26. The number of aromatic nitrogens is 4. The van der Waals surface area contributed by atoms with E-state index >= 15 is 0 Å². The fourth-order valence-electron chi connectivity index (χ4n) is 2.35. The number of carbonyl (C=O) groups excluding carboxylic acids is 1. The van der Waals surface area contributed by atoms with Gasteiger partial charge in [-0.05, 0) is 33.3 Å². The summed E-state index contributed by atoms with van der Waals surface area (Å²) in [4.78, 5) is 11.9. The van der Waals surface area contributed by atoms with Gasteiger partial charge in [-0.15, -0.1) is 0 Å². The first-order valence-electron chi connectivity index (χ1n) is 7.24. The lowest BCUT2D eigenvalue weighted by atomic mass is 10.2. The smallest absolute Gasteiger partial charge is 0.220 e. The summed E-state index contributed by atoms with van der Waals surface area (Å²) in [6.45, 7) is 6.75. The molecule has 1 amide bonds. The van der Waals surface area contributed by atoms with Crippen molar-refractivity contribution in [2.24, 2.45) is 7.05 Å². The molecule has 0 bridgehead atoms. The first-order valence-corrected chi connectivity index (χ1v) is 7.24. The van der Waals surface area contributed by atoms with Gasteiger partial charge < -0.3 is 5.32 Å². The van der Waals surface area contributed by atoms with Crippen LogP contribution in [0.5, 0.6) is 0 Å². The summed E-state index contributed by atoms with van der Waals surface area (Å²) in [5.41, 5.74) is 3.17. The van der Waals surface area contributed by atoms with Crippen LogP contribution < -0.4 is 5.32 Å². The second kappa shape index (κ2) is 6.56. The van der Waals surface area contributed by atoms with Crippen LogP contribution >= 0.6 is 0 Å². The van der Waals surface area contributed by atoms with Crippen molar-refractivity contribution in [1.82, 2.24) is 24.9 Å². The molecule has 0 aliphatic rings. The van der Waals surface area contributed by atoms with Crippen molar-refractivity contribution in [2.75, 3.05) is 0 Å². The number of carbonyl (C=O) groups is 1. The average Bonchev–Trinajstić information content (AvgIpc) is 2.96. The monoisotopic (exact) mass is 289 g/mol. The number of nitrogens with zero attached hydrogens (tertiary/aromatic N) is 4. The average molecular weight is 289 g/mol. The van der Waals surface area contributed by atoms with Gasteiger partial charge in [-0.3, -0.25) is 14.2 Å². The number of amides is 1. The molecule has 0 aliphatic heterocycles. The van der Waals surface area contributed by atoms with E-state index in [4.69, 9.17) is 0 Å². The number of nitrogens with one attached hydrogen (secondary N) is 1. The van der Waals surface area contributed by atoms with Crippen molar-refractivity contribution in [3.63, 3.8) is 0 Å². The Bertz CT molecular complexity index is 613. The van der Waals surface area contributed by atoms with Crippen molar-refractivity contribution in [3.8, 4) is 0 Å². The van der Waals surface area contributed by atoms with Gasteiger partial charge in [0.2, 0.25) is 5.91 Å². The van der Waals surface area contributed by atoms with E-state index in [1.807, 2.05) is 44.8 Å². The zero-order valence-corrected chi connectivity index (χ0v) is 13.1. The quantitative estimate of drug-likeness (QED) is 0.883. The summed E-state index contributed by atoms with van der Waals surface area (Å²) in [6.07, 6.45) is 4.98. The summed E-state index contributed by atoms with van der Waals surface area (Å²) < 4.78 is 3.69. The van der Waals surface area contributed by atoms with Crippen LogP contribution in [-0.2, 0) is 18.4 Å². The molecule has 2 aromatic heterocycles. The number of aryl methyl sites for hydroxylation is 4. The molecular formula is C15H23N5O. The van der Waals surface area contributed by atoms with E-state index < -0.39 is 0 Å². The van der Waals surface area contributed by atoms with Gasteiger partial charge in [-0.25, -0.2) is 0 Å². The minimum atomic E-state index is -0.0140. The van der Waals surface area contributed by atoms with E-state index in [0.717, 1.165) is 29.9 Å². The molecule has 114 valence electrons. The van der Waals surface area contributed by atoms with Crippen molar-refractivity contribution in [2.45, 2.75) is 46.2 Å². The second-order valence-electron chi connectivity index (χ2n) is 5.49. The highest BCUT2D eigenvalue weighted by Crippen LogP contribution is 2.11. The van der Waals surface area contributed by atoms with Crippen LogP contribution in [0, 0.1) is 13.8 Å². The van der Waals surface area contributed by atoms with Crippen LogP contribution in [-0.4, -0.2) is 25.5 Å². The van der Waals surface area contributed by atoms with Crippen LogP contribution in [0.1, 0.15) is 42.8 Å². The zero-order valence-electron chi connectivity index (χ0n) is 13.1. The second-order valence-corrected chi connectivity index (χ2v) is 5.49. The summed E-state index contributed by atoms with van der Waals surface area (Å²) >= 11 is 0. The Morgan fingerprint density at radius 2 is 2.19 bits per heavy atom. The van der Waals surface area contributed by atoms with E-state index in [-0.39, 0.29) is 11.9 Å². The SMILES string of the molecule is Cc1cc(C)n(CCCC(=O)N[C@@H](C)c2cnn(C)c2)n1. The van der Waals surface area contributed by atoms with Crippen LogP contribution in [0.3, 0.4) is 0 Å². The molecule has 2 rings (SSSR count). The van der Waals surface area contributed by atoms with Gasteiger partial charge in [-0.2, -0.15) is 10.2 Å². The van der Waals surface area contributed by atoms with Crippen LogP contribution in [0.2, 0.25) is 0 Å². The number of hydrogen-bond donors (Lipinski definition) is 1. The summed E-state index contributed by atoms with van der Waals surface area (Å²) in [6, 6.07) is 2.03. The molecule has 6 heteroatoms. The maximum atomic E-state index is 11.9. The molecule has 21 heavy (non-hydrogen) atoms. The third-order valence-electron chi connectivity index (χ3n) is 3.48. The van der Waals surface area contributed by atoms with E-state index in [2.05, 4.69) is 15.5 Å². The lowest BCUT2D eigenvalue weighted by Gasteiger charge is -2.12. The Hall–Kier alpha value is -2.11. The van der Waals surface area contributed by atoms with E-state index in [0.29, 0.717) is 6.42 Å². The highest BCUT2D eigenvalue weighted by Gasteiger charge is 2.11. The molecule has 0 saturated heterocycles. The van der Waals surface area contributed by atoms with Gasteiger partial charge in [0.05, 0.1) is 17.9 Å². The molecule has 0 saturated carbocycles. The molecule has 0 radical (unpaired) electrons. The van der Waals surface area contributed by atoms with E-state index in [1.54, 1.807) is 10.9 Å². The number of rotatable bonds is 6. The highest BCUT2D eigenvalue weighted by atomic mass is 16.1. The van der Waals surface area contributed by atoms with Gasteiger partial charge in [-0.1, -0.05) is 0 Å². The summed E-state index contributed by atoms with van der Waals surface area (Å²) in [5, 5.41) is 11.5. The van der Waals surface area contributed by atoms with Crippen LogP contribution in [0.4, 0.5) is 0 Å². The lowest BCUT2D eigenvalue weighted by molar-refractivity contribution is -0.121. The normalized spacial score (nSPS) is 12.4. The van der Waals surface area contributed by atoms with Crippen molar-refractivity contribution in [3.05, 3.63) is 35.4 Å². The van der Waals surface area contributed by atoms with Gasteiger partial charge in [0.1, 0.15) is 0 Å². The van der Waals surface area contributed by atoms with Gasteiger partial charge in [0.25, 0.3) is 0 Å². The van der Waals surface area contributed by atoms with Gasteiger partial charge in [0.15, 0.2) is 0 Å². The Morgan fingerprint density at radius 1 is 1.43 bits per heavy atom. The fraction of sp³-hybridized carbons (Fsp3) is 0.533. The van der Waals surface area contributed by atoms with Crippen LogP contribution in [0.25, 0.3) is 0 Å². The highest BCUT2D eigenvalue weighted by molar-refractivity contribution is 5.76. The molecule has 0 unspecified atom stereocenters. The van der Waals surface area contributed by atoms with Gasteiger partial charge in [0, 0.05) is 37.5 Å². The largest absolute Gasteiger partial charge is 0.349 e. The predicted molar refractivity (Wildman–Crippen MR) is 80.7 cm³/mol. The summed E-state index contributed by atoms with van der Waals surface area (Å²) in [7, 11) is 1.87. The molecule has 6 nitrogen and oxygen atoms in total. The molecule has 1 N–H and O–H groups in total. The van der Waals surface area contributed by atoms with Crippen molar-refractivity contribution >= 4 is 5.91 Å². The molecular weight excluding hydrogens is 266 g/mol. The predicted octanol–water partition coefficient (Wildman–Crippen LogP) is 1.89. The maximum Gasteiger partial charge on any atom is 0.220 e. The third kappa shape index (κ3) is 4.18. The molecule has 0 aliphatic carbocycles. The first-order chi connectivity index (χ1) is 9.95. The first kappa shape index (κ1) is 15.3. The Labute approximate surface area is 125 Å². The van der Waals surface area contributed by atoms with Crippen molar-refractivity contribution < 1.29 is 4.79 Å². The molecule has 1 atom stereocenters. The summed E-state index contributed by atoms with van der Waals surface area (Å²) in [5.74, 6) is 0.0629. The molecule has 2 heterocycles. The van der Waals surface area contributed by atoms with E-state index in [9.17, 15) is 4.79 Å². The molecule has 0 fully saturated rings. The molecule has 0 aromatic carbocycles. The Kier molecular flexibility index (Phi) is 4.77. The molecule has 0 spiro atoms. The zero-order chi connectivity index (χ0) is 15.4. The number of hydrogen-bond acceptors (Lipinski definition) is 3. The minimum Gasteiger partial charge on any atom is -0.349 e. The third-order valence-corrected chi connectivity index (χ3v) is 3.48. The molecule has 2 aromatic rings.